The van der Waals surface area contributed by atoms with Crippen LogP contribution in [0, 0.1) is 0 Å². The number of carbonyl (C=O) groups excluding carboxylic acids is 2. The number of ether oxygens (including phenoxy) is 5. The van der Waals surface area contributed by atoms with Crippen molar-refractivity contribution >= 4 is 29.4 Å². The van der Waals surface area contributed by atoms with Crippen LogP contribution in [0.3, 0.4) is 0 Å². The molecule has 4 rings (SSSR count). The third-order valence-electron chi connectivity index (χ3n) is 4.56. The van der Waals surface area contributed by atoms with E-state index in [9.17, 15) is 9.59 Å². The Hall–Kier alpha value is -3.03. The highest BCUT2D eigenvalue weighted by Gasteiger charge is 2.29. The van der Waals surface area contributed by atoms with E-state index in [1.807, 2.05) is 0 Å². The van der Waals surface area contributed by atoms with E-state index in [0.717, 1.165) is 5.56 Å². The van der Waals surface area contributed by atoms with Gasteiger partial charge < -0.3 is 23.7 Å². The molecule has 8 heteroatoms. The van der Waals surface area contributed by atoms with E-state index in [2.05, 4.69) is 0 Å². The average molecular weight is 431 g/mol. The van der Waals surface area contributed by atoms with Gasteiger partial charge in [-0.3, -0.25) is 4.79 Å². The lowest BCUT2D eigenvalue weighted by atomic mass is 10.1. The van der Waals surface area contributed by atoms with Crippen LogP contribution in [0.5, 0.6) is 17.2 Å². The van der Waals surface area contributed by atoms with Crippen LogP contribution in [0.25, 0.3) is 6.08 Å². The second-order valence-electron chi connectivity index (χ2n) is 6.70. The van der Waals surface area contributed by atoms with E-state index in [0.29, 0.717) is 40.0 Å². The summed E-state index contributed by atoms with van der Waals surface area (Å²) in [5.41, 5.74) is 1.83. The van der Waals surface area contributed by atoms with Gasteiger partial charge in [0.2, 0.25) is 5.78 Å². The van der Waals surface area contributed by atoms with Gasteiger partial charge in [-0.1, -0.05) is 11.6 Å². The highest BCUT2D eigenvalue weighted by atomic mass is 35.5. The zero-order valence-corrected chi connectivity index (χ0v) is 17.2. The molecule has 0 saturated carbocycles. The van der Waals surface area contributed by atoms with Crippen molar-refractivity contribution in [1.82, 2.24) is 0 Å². The molecule has 0 fully saturated rings. The molecule has 0 unspecified atom stereocenters. The molecule has 0 N–H and O–H groups in total. The first-order valence-electron chi connectivity index (χ1n) is 9.41. The fraction of sp³-hybridized carbons (Fsp3) is 0.273. The highest BCUT2D eigenvalue weighted by molar-refractivity contribution is 6.31. The normalized spacial score (nSPS) is 16.9. The number of hydrogen-bond donors (Lipinski definition) is 0. The van der Waals surface area contributed by atoms with Crippen molar-refractivity contribution < 1.29 is 33.3 Å². The lowest BCUT2D eigenvalue weighted by Crippen LogP contribution is -2.26. The smallest absolute Gasteiger partial charge is 0.347 e. The molecule has 2 aromatic rings. The molecule has 0 bridgehead atoms. The van der Waals surface area contributed by atoms with Crippen LogP contribution in [0.4, 0.5) is 0 Å². The van der Waals surface area contributed by atoms with Crippen LogP contribution in [0.1, 0.15) is 35.3 Å². The minimum atomic E-state index is -0.785. The number of halogens is 1. The van der Waals surface area contributed by atoms with Gasteiger partial charge in [0.05, 0.1) is 18.8 Å². The van der Waals surface area contributed by atoms with Gasteiger partial charge in [-0.25, -0.2) is 4.79 Å². The first-order valence-corrected chi connectivity index (χ1v) is 9.78. The summed E-state index contributed by atoms with van der Waals surface area (Å²) >= 11 is 6.19. The van der Waals surface area contributed by atoms with Crippen molar-refractivity contribution in [1.29, 1.82) is 0 Å². The third kappa shape index (κ3) is 3.99. The molecular weight excluding hydrogens is 412 g/mol. The second kappa shape index (κ2) is 8.38. The Morgan fingerprint density at radius 1 is 1.30 bits per heavy atom. The Morgan fingerprint density at radius 3 is 2.93 bits per heavy atom. The van der Waals surface area contributed by atoms with E-state index in [1.165, 1.54) is 0 Å². The second-order valence-corrected chi connectivity index (χ2v) is 7.14. The summed E-state index contributed by atoms with van der Waals surface area (Å²) < 4.78 is 27.2. The van der Waals surface area contributed by atoms with Crippen LogP contribution in [-0.2, 0) is 20.9 Å². The van der Waals surface area contributed by atoms with Gasteiger partial charge in [0, 0.05) is 22.2 Å². The minimum absolute atomic E-state index is 0.124. The SMILES string of the molecule is CCOC(=O)[C@H](C)Oc1ccc2c(c1)O/C(=C\c1cc(Cl)cc3c1OCOC3)C2=O. The summed E-state index contributed by atoms with van der Waals surface area (Å²) in [7, 11) is 0. The van der Waals surface area contributed by atoms with Gasteiger partial charge >= 0.3 is 5.97 Å². The minimum Gasteiger partial charge on any atom is -0.479 e. The number of esters is 1. The van der Waals surface area contributed by atoms with Gasteiger partial charge in [0.25, 0.3) is 0 Å². The number of hydrogen-bond acceptors (Lipinski definition) is 7. The molecule has 0 aliphatic carbocycles. The summed E-state index contributed by atoms with van der Waals surface area (Å²) in [6.07, 6.45) is 0.813. The molecular formula is C22H19ClO7. The third-order valence-corrected chi connectivity index (χ3v) is 4.78. The van der Waals surface area contributed by atoms with Gasteiger partial charge in [0.15, 0.2) is 18.7 Å². The molecule has 0 spiro atoms. The van der Waals surface area contributed by atoms with E-state index < -0.39 is 12.1 Å². The van der Waals surface area contributed by atoms with Crippen molar-refractivity contribution in [3.63, 3.8) is 0 Å². The molecule has 0 saturated heterocycles. The first kappa shape index (κ1) is 20.3. The Bertz CT molecular complexity index is 1040. The predicted molar refractivity (Wildman–Crippen MR) is 108 cm³/mol. The van der Waals surface area contributed by atoms with Crippen molar-refractivity contribution in [2.75, 3.05) is 13.4 Å². The first-order chi connectivity index (χ1) is 14.5. The van der Waals surface area contributed by atoms with E-state index in [4.69, 9.17) is 35.3 Å². The summed E-state index contributed by atoms with van der Waals surface area (Å²) in [5, 5.41) is 0.501. The molecule has 2 aromatic carbocycles. The van der Waals surface area contributed by atoms with E-state index in [-0.39, 0.29) is 24.9 Å². The Kier molecular flexibility index (Phi) is 5.65. The Labute approximate surface area is 178 Å². The quantitative estimate of drug-likeness (QED) is 0.520. The maximum atomic E-state index is 12.8. The number of carbonyl (C=O) groups is 2. The van der Waals surface area contributed by atoms with Crippen molar-refractivity contribution in [2.24, 2.45) is 0 Å². The van der Waals surface area contributed by atoms with Crippen LogP contribution < -0.4 is 14.2 Å². The van der Waals surface area contributed by atoms with Gasteiger partial charge in [-0.05, 0) is 44.2 Å². The number of allylic oxidation sites excluding steroid dienone is 1. The van der Waals surface area contributed by atoms with Crippen molar-refractivity contribution in [3.8, 4) is 17.2 Å². The van der Waals surface area contributed by atoms with Crippen LogP contribution in [-0.4, -0.2) is 31.3 Å². The summed E-state index contributed by atoms with van der Waals surface area (Å²) in [5.74, 6) is 0.753. The molecule has 7 nitrogen and oxygen atoms in total. The fourth-order valence-corrected chi connectivity index (χ4v) is 3.46. The lowest BCUT2D eigenvalue weighted by Gasteiger charge is -2.20. The van der Waals surface area contributed by atoms with Gasteiger partial charge in [0.1, 0.15) is 17.2 Å². The molecule has 0 radical (unpaired) electrons. The molecule has 2 aliphatic rings. The number of ketones is 1. The topological polar surface area (TPSA) is 80.3 Å². The zero-order valence-electron chi connectivity index (χ0n) is 16.4. The predicted octanol–water partition coefficient (Wildman–Crippen LogP) is 4.15. The fourth-order valence-electron chi connectivity index (χ4n) is 3.21. The van der Waals surface area contributed by atoms with E-state index >= 15 is 0 Å². The maximum absolute atomic E-state index is 12.8. The standard InChI is InChI=1S/C22H19ClO7/c1-3-27-22(25)12(2)29-16-4-5-17-18(9-16)30-19(20(17)24)8-13-6-15(23)7-14-10-26-11-28-21(13)14/h4-9,12H,3,10-11H2,1-2H3/b19-8-/t12-/m0/s1. The van der Waals surface area contributed by atoms with Crippen molar-refractivity contribution in [2.45, 2.75) is 26.6 Å². The lowest BCUT2D eigenvalue weighted by molar-refractivity contribution is -0.150. The summed E-state index contributed by atoms with van der Waals surface area (Å²) in [4.78, 5) is 24.5. The number of fused-ring (bicyclic) bond motifs is 2. The number of benzene rings is 2. The molecule has 30 heavy (non-hydrogen) atoms. The van der Waals surface area contributed by atoms with Crippen molar-refractivity contribution in [3.05, 3.63) is 57.8 Å². The van der Waals surface area contributed by atoms with Crippen LogP contribution in [0.15, 0.2) is 36.1 Å². The highest BCUT2D eigenvalue weighted by Crippen LogP contribution is 2.38. The zero-order chi connectivity index (χ0) is 21.3. The largest absolute Gasteiger partial charge is 0.479 e. The monoisotopic (exact) mass is 430 g/mol. The summed E-state index contributed by atoms with van der Waals surface area (Å²) in [6, 6.07) is 8.25. The molecule has 0 aromatic heterocycles. The van der Waals surface area contributed by atoms with Crippen LogP contribution in [0.2, 0.25) is 5.02 Å². The van der Waals surface area contributed by atoms with Gasteiger partial charge in [-0.15, -0.1) is 0 Å². The Balaban J connectivity index is 1.59. The van der Waals surface area contributed by atoms with Gasteiger partial charge in [-0.2, -0.15) is 0 Å². The summed E-state index contributed by atoms with van der Waals surface area (Å²) in [6.45, 7) is 4.09. The molecule has 0 amide bonds. The molecule has 2 aliphatic heterocycles. The average Bonchev–Trinajstić information content (AvgIpc) is 3.02. The van der Waals surface area contributed by atoms with E-state index in [1.54, 1.807) is 50.3 Å². The number of rotatable bonds is 5. The molecule has 156 valence electrons. The number of Topliss-reactive ketones (excluding diaryl/α,β-unsaturated/α-hetero) is 1. The molecule has 2 heterocycles. The van der Waals surface area contributed by atoms with Crippen LogP contribution >= 0.6 is 11.6 Å². The maximum Gasteiger partial charge on any atom is 0.347 e. The Morgan fingerprint density at radius 2 is 2.13 bits per heavy atom. The molecule has 1 atom stereocenters.